The zero-order valence-electron chi connectivity index (χ0n) is 19.4. The first-order chi connectivity index (χ1) is 14.8. The minimum absolute atomic E-state index is 0.0504. The molecule has 1 aromatic heterocycles. The van der Waals surface area contributed by atoms with E-state index in [0.717, 1.165) is 51.4 Å². The van der Waals surface area contributed by atoms with Crippen molar-refractivity contribution in [3.8, 4) is 0 Å². The Balaban J connectivity index is 1.98. The number of hydrogen-bond acceptors (Lipinski definition) is 5. The maximum absolute atomic E-state index is 13.7. The van der Waals surface area contributed by atoms with Crippen molar-refractivity contribution in [1.29, 1.82) is 0 Å². The van der Waals surface area contributed by atoms with E-state index >= 15 is 0 Å². The molecule has 0 atom stereocenters. The van der Waals surface area contributed by atoms with Gasteiger partial charge < -0.3 is 10.6 Å². The highest BCUT2D eigenvalue weighted by atomic mass is 16.2. The van der Waals surface area contributed by atoms with Crippen LogP contribution in [-0.2, 0) is 11.3 Å². The number of nitrogens with zero attached hydrogens (tertiary/aromatic N) is 3. The van der Waals surface area contributed by atoms with Crippen molar-refractivity contribution >= 4 is 17.4 Å². The Morgan fingerprint density at radius 1 is 1.10 bits per heavy atom. The van der Waals surface area contributed by atoms with Gasteiger partial charge in [0.15, 0.2) is 5.69 Å². The monoisotopic (exact) mass is 433 g/mol. The van der Waals surface area contributed by atoms with Crippen molar-refractivity contribution in [3.63, 3.8) is 0 Å². The fraction of sp³-hybridized carbons (Fsp3) is 0.783. The first-order valence-electron chi connectivity index (χ1n) is 12.1. The number of carbonyl (C=O) groups excluding carboxylic acids is 1. The number of nitrogen functional groups attached to an aromatic ring is 1. The Hall–Kier alpha value is -2.09. The molecule has 0 aliphatic heterocycles. The molecule has 0 spiro atoms. The van der Waals surface area contributed by atoms with Gasteiger partial charge >= 0.3 is 5.69 Å². The number of anilines is 2. The molecule has 0 aromatic carbocycles. The van der Waals surface area contributed by atoms with Crippen LogP contribution in [-0.4, -0.2) is 45.0 Å². The number of nitrogens with two attached hydrogens (primary N) is 1. The van der Waals surface area contributed by atoms with E-state index in [-0.39, 0.29) is 36.0 Å². The van der Waals surface area contributed by atoms with Crippen LogP contribution in [0.1, 0.15) is 85.0 Å². The Labute approximate surface area is 184 Å². The number of unbranched alkanes of at least 4 members (excludes halogenated alkanes) is 1. The quantitative estimate of drug-likeness (QED) is 0.623. The lowest BCUT2D eigenvalue weighted by Gasteiger charge is -2.36. The highest BCUT2D eigenvalue weighted by molar-refractivity contribution is 5.97. The van der Waals surface area contributed by atoms with Gasteiger partial charge in [-0.25, -0.2) is 4.79 Å². The second-order valence-electron chi connectivity index (χ2n) is 9.40. The summed E-state index contributed by atoms with van der Waals surface area (Å²) in [7, 11) is 0. The summed E-state index contributed by atoms with van der Waals surface area (Å²) >= 11 is 0. The number of amides is 1. The topological polar surface area (TPSA) is 104 Å². The number of nitrogens with one attached hydrogen (secondary N) is 1. The molecule has 0 saturated heterocycles. The molecule has 2 saturated carbocycles. The molecule has 1 amide bonds. The van der Waals surface area contributed by atoms with Gasteiger partial charge in [0.05, 0.1) is 6.54 Å². The van der Waals surface area contributed by atoms with Crippen LogP contribution in [0.5, 0.6) is 0 Å². The summed E-state index contributed by atoms with van der Waals surface area (Å²) in [4.78, 5) is 45.3. The molecular weight excluding hydrogens is 394 g/mol. The van der Waals surface area contributed by atoms with Gasteiger partial charge in [-0.1, -0.05) is 39.0 Å². The van der Waals surface area contributed by atoms with E-state index in [0.29, 0.717) is 12.6 Å². The third-order valence-electron chi connectivity index (χ3n) is 6.92. The minimum atomic E-state index is -0.563. The molecule has 31 heavy (non-hydrogen) atoms. The van der Waals surface area contributed by atoms with Crippen LogP contribution >= 0.6 is 0 Å². The largest absolute Gasteiger partial charge is 0.383 e. The molecule has 2 aliphatic carbocycles. The van der Waals surface area contributed by atoms with Crippen molar-refractivity contribution in [2.24, 2.45) is 0 Å². The van der Waals surface area contributed by atoms with E-state index in [2.05, 4.69) is 23.7 Å². The zero-order valence-corrected chi connectivity index (χ0v) is 19.4. The summed E-state index contributed by atoms with van der Waals surface area (Å²) in [5, 5.41) is 0. The first kappa shape index (κ1) is 23.6. The molecule has 1 aromatic rings. The maximum Gasteiger partial charge on any atom is 0.330 e. The van der Waals surface area contributed by atoms with Crippen LogP contribution in [0.3, 0.4) is 0 Å². The number of H-pyrrole nitrogens is 1. The summed E-state index contributed by atoms with van der Waals surface area (Å²) in [5.41, 5.74) is 5.47. The summed E-state index contributed by atoms with van der Waals surface area (Å²) in [6, 6.07) is 0.598. The van der Waals surface area contributed by atoms with E-state index in [4.69, 9.17) is 5.73 Å². The van der Waals surface area contributed by atoms with Gasteiger partial charge in [-0.3, -0.25) is 24.0 Å². The number of aromatic amines is 1. The van der Waals surface area contributed by atoms with E-state index in [1.165, 1.54) is 17.4 Å². The average molecular weight is 434 g/mol. The minimum Gasteiger partial charge on any atom is -0.383 e. The van der Waals surface area contributed by atoms with E-state index in [1.807, 2.05) is 6.92 Å². The Bertz CT molecular complexity index is 863. The van der Waals surface area contributed by atoms with E-state index in [9.17, 15) is 14.4 Å². The van der Waals surface area contributed by atoms with Gasteiger partial charge in [-0.05, 0) is 46.0 Å². The predicted molar refractivity (Wildman–Crippen MR) is 124 cm³/mol. The fourth-order valence-electron chi connectivity index (χ4n) is 5.22. The summed E-state index contributed by atoms with van der Waals surface area (Å²) in [5.74, 6) is 0.0183. The Morgan fingerprint density at radius 3 is 2.23 bits per heavy atom. The lowest BCUT2D eigenvalue weighted by atomic mass is 10.1. The van der Waals surface area contributed by atoms with Crippen molar-refractivity contribution in [1.82, 2.24) is 14.5 Å². The molecule has 8 heteroatoms. The number of aromatic nitrogens is 2. The molecule has 0 bridgehead atoms. The fourth-order valence-corrected chi connectivity index (χ4v) is 5.22. The van der Waals surface area contributed by atoms with Gasteiger partial charge in [0.1, 0.15) is 5.82 Å². The third kappa shape index (κ3) is 5.22. The van der Waals surface area contributed by atoms with Crippen LogP contribution in [0, 0.1) is 0 Å². The van der Waals surface area contributed by atoms with Crippen molar-refractivity contribution in [3.05, 3.63) is 20.8 Å². The molecule has 3 N–H and O–H groups in total. The van der Waals surface area contributed by atoms with Gasteiger partial charge in [-0.2, -0.15) is 0 Å². The molecular formula is C23H39N5O3. The van der Waals surface area contributed by atoms with Gasteiger partial charge in [-0.15, -0.1) is 0 Å². The summed E-state index contributed by atoms with van der Waals surface area (Å²) in [6.45, 7) is 6.98. The molecule has 3 rings (SSSR count). The highest BCUT2D eigenvalue weighted by Crippen LogP contribution is 2.31. The van der Waals surface area contributed by atoms with E-state index < -0.39 is 11.2 Å². The van der Waals surface area contributed by atoms with Crippen molar-refractivity contribution < 1.29 is 4.79 Å². The van der Waals surface area contributed by atoms with Gasteiger partial charge in [0.25, 0.3) is 5.56 Å². The predicted octanol–water partition coefficient (Wildman–Crippen LogP) is 2.85. The number of carbonyl (C=O) groups is 1. The lowest BCUT2D eigenvalue weighted by molar-refractivity contribution is -0.121. The summed E-state index contributed by atoms with van der Waals surface area (Å²) in [6.07, 6.45) is 10.0. The Morgan fingerprint density at radius 2 is 1.68 bits per heavy atom. The number of rotatable bonds is 9. The second kappa shape index (κ2) is 10.5. The molecule has 0 unspecified atom stereocenters. The van der Waals surface area contributed by atoms with Gasteiger partial charge in [0.2, 0.25) is 5.91 Å². The molecule has 0 radical (unpaired) electrons. The third-order valence-corrected chi connectivity index (χ3v) is 6.92. The SMILES string of the molecule is CCCCn1c(N)c(N(C(=O)CN(C(C)C)C2CCCC2)C2CCCC2)c(=O)[nH]c1=O. The smallest absolute Gasteiger partial charge is 0.330 e. The average Bonchev–Trinajstić information content (AvgIpc) is 3.42. The highest BCUT2D eigenvalue weighted by Gasteiger charge is 2.35. The second-order valence-corrected chi connectivity index (χ2v) is 9.40. The van der Waals surface area contributed by atoms with E-state index in [1.54, 1.807) is 4.90 Å². The van der Waals surface area contributed by atoms with Crippen LogP contribution in [0.15, 0.2) is 9.59 Å². The summed E-state index contributed by atoms with van der Waals surface area (Å²) < 4.78 is 1.41. The van der Waals surface area contributed by atoms with Crippen molar-refractivity contribution in [2.75, 3.05) is 17.2 Å². The zero-order chi connectivity index (χ0) is 22.5. The standard InChI is InChI=1S/C23H39N5O3/c1-4-5-14-26-21(24)20(22(30)25-23(26)31)28(18-12-8-9-13-18)19(29)15-27(16(2)3)17-10-6-7-11-17/h16-18H,4-15,24H2,1-3H3,(H,25,30,31). The molecule has 2 fully saturated rings. The van der Waals surface area contributed by atoms with Crippen LogP contribution < -0.4 is 21.9 Å². The van der Waals surface area contributed by atoms with Crippen LogP contribution in [0.2, 0.25) is 0 Å². The normalized spacial score (nSPS) is 17.8. The lowest BCUT2D eigenvalue weighted by Crippen LogP contribution is -2.51. The molecule has 8 nitrogen and oxygen atoms in total. The van der Waals surface area contributed by atoms with Crippen LogP contribution in [0.4, 0.5) is 11.5 Å². The Kier molecular flexibility index (Phi) is 7.97. The molecule has 174 valence electrons. The van der Waals surface area contributed by atoms with Gasteiger partial charge in [0, 0.05) is 24.7 Å². The van der Waals surface area contributed by atoms with Crippen LogP contribution in [0.25, 0.3) is 0 Å². The number of hydrogen-bond donors (Lipinski definition) is 2. The first-order valence-corrected chi connectivity index (χ1v) is 12.1. The molecule has 2 aliphatic rings. The molecule has 1 heterocycles. The maximum atomic E-state index is 13.7. The van der Waals surface area contributed by atoms with Crippen molar-refractivity contribution in [2.45, 2.75) is 110 Å².